The lowest BCUT2D eigenvalue weighted by Crippen LogP contribution is -2.30. The first-order chi connectivity index (χ1) is 10.4. The molecule has 21 heavy (non-hydrogen) atoms. The van der Waals surface area contributed by atoms with Crippen LogP contribution < -0.4 is 4.74 Å². The fraction of sp³-hybridized carbons (Fsp3) is 0.200. The van der Waals surface area contributed by atoms with Gasteiger partial charge in [0.1, 0.15) is 23.4 Å². The van der Waals surface area contributed by atoms with E-state index >= 15 is 0 Å². The highest BCUT2D eigenvalue weighted by atomic mass is 16.5. The average Bonchev–Trinajstić information content (AvgIpc) is 2.45. The van der Waals surface area contributed by atoms with Crippen LogP contribution in [0, 0.1) is 0 Å². The summed E-state index contributed by atoms with van der Waals surface area (Å²) < 4.78 is 13.6. The van der Waals surface area contributed by atoms with Gasteiger partial charge in [0.25, 0.3) is 0 Å². The van der Waals surface area contributed by atoms with Gasteiger partial charge in [-0.25, -0.2) is 0 Å². The molecule has 0 aromatic heterocycles. The van der Waals surface area contributed by atoms with Crippen LogP contribution >= 0.6 is 0 Å². The number of aromatic hydroxyl groups is 4. The molecule has 2 aromatic rings. The Kier molecular flexibility index (Phi) is 2.75. The summed E-state index contributed by atoms with van der Waals surface area (Å²) in [4.78, 5) is 0. The normalized spacial score (nSPS) is 24.8. The van der Waals surface area contributed by atoms with Crippen LogP contribution in [0.4, 0.5) is 0 Å². The van der Waals surface area contributed by atoms with Crippen molar-refractivity contribution in [1.29, 1.82) is 0 Å². The highest BCUT2D eigenvalue weighted by Gasteiger charge is 2.32. The summed E-state index contributed by atoms with van der Waals surface area (Å²) in [5.74, 6) is -1.17. The Hall–Kier alpha value is -2.60. The van der Waals surface area contributed by atoms with Crippen LogP contribution in [0.3, 0.4) is 0 Å². The lowest BCUT2D eigenvalue weighted by atomic mass is 9.94. The van der Waals surface area contributed by atoms with Crippen molar-refractivity contribution in [3.63, 3.8) is 0 Å². The molecular weight excluding hydrogens is 276 g/mol. The molecule has 0 amide bonds. The minimum atomic E-state index is -1.30. The molecule has 0 saturated heterocycles. The Morgan fingerprint density at radius 3 is 2.48 bits per heavy atom. The van der Waals surface area contributed by atoms with E-state index in [9.17, 15) is 25.5 Å². The van der Waals surface area contributed by atoms with Gasteiger partial charge < -0.3 is 30.3 Å². The van der Waals surface area contributed by atoms with Crippen LogP contribution in [-0.4, -0.2) is 31.6 Å². The van der Waals surface area contributed by atoms with Gasteiger partial charge in [-0.2, -0.15) is 0 Å². The predicted octanol–water partition coefficient (Wildman–Crippen LogP) is 1.55. The van der Waals surface area contributed by atoms with E-state index in [1.165, 1.54) is 24.3 Å². The van der Waals surface area contributed by atoms with Crippen LogP contribution in [-0.2, 0) is 6.40 Å². The molecule has 1 aliphatic heterocycles. The first-order valence-electron chi connectivity index (χ1n) is 6.81. The number of fused-ring (bicyclic) bond motifs is 1. The Morgan fingerprint density at radius 1 is 1.00 bits per heavy atom. The largest absolute Gasteiger partial charge is 0.508 e. The van der Waals surface area contributed by atoms with Crippen molar-refractivity contribution in [1.82, 2.24) is 0 Å². The predicted molar refractivity (Wildman–Crippen MR) is 72.6 cm³/mol. The smallest absolute Gasteiger partial charge is 0.157 e. The second-order valence-corrected chi connectivity index (χ2v) is 4.82. The van der Waals surface area contributed by atoms with Gasteiger partial charge in [0.05, 0.1) is 6.10 Å². The number of aliphatic hydroxyl groups is 1. The Balaban J connectivity index is 2.06. The Morgan fingerprint density at radius 2 is 1.76 bits per heavy atom. The standard InChI is InChI=1S/C15H14O6/c16-8-4-11(18)9-6-13(20)15(21-14(9)5-8)7-1-2-10(17)12(19)3-7/h1-5,13,15-20H,6H2/t13-,15-/m1/s1/i6D/t6?,13-,15-. The molecule has 0 bridgehead atoms. The van der Waals surface area contributed by atoms with Gasteiger partial charge in [0.2, 0.25) is 0 Å². The molecule has 1 heterocycles. The molecular formula is C15H14O6. The quantitative estimate of drug-likeness (QED) is 0.510. The van der Waals surface area contributed by atoms with Crippen molar-refractivity contribution in [3.8, 4) is 28.7 Å². The second kappa shape index (κ2) is 4.75. The molecule has 0 saturated carbocycles. The number of rotatable bonds is 1. The number of benzene rings is 2. The van der Waals surface area contributed by atoms with E-state index in [1.807, 2.05) is 0 Å². The number of hydrogen-bond donors (Lipinski definition) is 5. The van der Waals surface area contributed by atoms with Gasteiger partial charge in [0.15, 0.2) is 11.5 Å². The third-order valence-electron chi connectivity index (χ3n) is 3.33. The van der Waals surface area contributed by atoms with E-state index in [0.717, 1.165) is 6.07 Å². The number of aliphatic hydroxyl groups excluding tert-OH is 1. The van der Waals surface area contributed by atoms with E-state index < -0.39 is 18.6 Å². The van der Waals surface area contributed by atoms with Crippen molar-refractivity contribution >= 4 is 0 Å². The van der Waals surface area contributed by atoms with Crippen LogP contribution in [0.1, 0.15) is 18.6 Å². The molecule has 3 atom stereocenters. The second-order valence-electron chi connectivity index (χ2n) is 4.82. The summed E-state index contributed by atoms with van der Waals surface area (Å²) in [6, 6.07) is 6.24. The average molecular weight is 291 g/mol. The number of phenolic OH excluding ortho intramolecular Hbond substituents is 4. The molecule has 0 fully saturated rings. The molecule has 110 valence electrons. The fourth-order valence-electron chi connectivity index (χ4n) is 2.31. The summed E-state index contributed by atoms with van der Waals surface area (Å²) >= 11 is 0. The highest BCUT2D eigenvalue weighted by molar-refractivity contribution is 5.52. The lowest BCUT2D eigenvalue weighted by Gasteiger charge is -2.31. The maximum Gasteiger partial charge on any atom is 0.157 e. The first kappa shape index (κ1) is 12.2. The summed E-state index contributed by atoms with van der Waals surface area (Å²) in [6.07, 6.45) is -3.47. The minimum absolute atomic E-state index is 0.0837. The zero-order valence-electron chi connectivity index (χ0n) is 11.8. The van der Waals surface area contributed by atoms with Gasteiger partial charge in [0, 0.05) is 25.5 Å². The third kappa shape index (κ3) is 2.30. The van der Waals surface area contributed by atoms with Gasteiger partial charge in [-0.15, -0.1) is 0 Å². The monoisotopic (exact) mass is 291 g/mol. The van der Waals surface area contributed by atoms with E-state index in [0.29, 0.717) is 5.56 Å². The molecule has 6 heteroatoms. The molecule has 1 aliphatic rings. The molecule has 6 nitrogen and oxygen atoms in total. The van der Waals surface area contributed by atoms with Crippen molar-refractivity contribution in [2.75, 3.05) is 0 Å². The summed E-state index contributed by atoms with van der Waals surface area (Å²) in [6.45, 7) is 0. The number of hydrogen-bond acceptors (Lipinski definition) is 6. The van der Waals surface area contributed by atoms with E-state index in [1.54, 1.807) is 0 Å². The van der Waals surface area contributed by atoms with E-state index in [-0.39, 0.29) is 34.3 Å². The van der Waals surface area contributed by atoms with Gasteiger partial charge in [-0.05, 0) is 17.7 Å². The third-order valence-corrected chi connectivity index (χ3v) is 3.33. The van der Waals surface area contributed by atoms with E-state index in [2.05, 4.69) is 0 Å². The minimum Gasteiger partial charge on any atom is -0.508 e. The van der Waals surface area contributed by atoms with Gasteiger partial charge in [-0.3, -0.25) is 0 Å². The number of phenols is 4. The summed E-state index contributed by atoms with van der Waals surface area (Å²) in [5.41, 5.74) is 0.443. The SMILES string of the molecule is [2H]C1c2c(O)cc(O)cc2O[C@H](c2ccc(O)c(O)c2)[C@@H]1O. The number of ether oxygens (including phenoxy) is 1. The van der Waals surface area contributed by atoms with Crippen LogP contribution in [0.25, 0.3) is 0 Å². The van der Waals surface area contributed by atoms with Crippen molar-refractivity contribution < 1.29 is 31.6 Å². The van der Waals surface area contributed by atoms with Crippen molar-refractivity contribution in [2.45, 2.75) is 18.6 Å². The van der Waals surface area contributed by atoms with Gasteiger partial charge >= 0.3 is 0 Å². The van der Waals surface area contributed by atoms with E-state index in [4.69, 9.17) is 6.11 Å². The van der Waals surface area contributed by atoms with Crippen LogP contribution in [0.2, 0.25) is 0 Å². The van der Waals surface area contributed by atoms with Gasteiger partial charge in [-0.1, -0.05) is 6.07 Å². The van der Waals surface area contributed by atoms with Crippen molar-refractivity contribution in [2.24, 2.45) is 0 Å². The zero-order valence-corrected chi connectivity index (χ0v) is 10.8. The maximum atomic E-state index is 10.3. The zero-order chi connectivity index (χ0) is 16.0. The highest BCUT2D eigenvalue weighted by Crippen LogP contribution is 2.42. The summed E-state index contributed by atoms with van der Waals surface area (Å²) in [5, 5.41) is 48.5. The van der Waals surface area contributed by atoms with Crippen LogP contribution in [0.5, 0.6) is 28.7 Å². The summed E-state index contributed by atoms with van der Waals surface area (Å²) in [7, 11) is 0. The molecule has 0 radical (unpaired) electrons. The molecule has 0 spiro atoms. The molecule has 2 aromatic carbocycles. The topological polar surface area (TPSA) is 110 Å². The molecule has 1 unspecified atom stereocenters. The van der Waals surface area contributed by atoms with Crippen molar-refractivity contribution in [3.05, 3.63) is 41.5 Å². The first-order valence-corrected chi connectivity index (χ1v) is 6.23. The molecule has 5 N–H and O–H groups in total. The van der Waals surface area contributed by atoms with Crippen LogP contribution in [0.15, 0.2) is 30.3 Å². The Bertz CT molecular complexity index is 732. The molecule has 0 aliphatic carbocycles. The fourth-order valence-corrected chi connectivity index (χ4v) is 2.31. The maximum absolute atomic E-state index is 10.3. The molecule has 3 rings (SSSR count). The lowest BCUT2D eigenvalue weighted by molar-refractivity contribution is 0.0197. The Labute approximate surface area is 121 Å².